The standard InChI is InChI=1S/C14H16N2O3/c1-2-8-16(10-13(17)18)14(19)12(9-15)11-6-4-3-5-7-11/h1,3-7,12H,8-10,15H2,(H,17,18). The molecule has 0 spiro atoms. The maximum absolute atomic E-state index is 12.3. The minimum absolute atomic E-state index is 0.0472. The van der Waals surface area contributed by atoms with E-state index in [1.54, 1.807) is 24.3 Å². The summed E-state index contributed by atoms with van der Waals surface area (Å²) < 4.78 is 0. The zero-order valence-electron chi connectivity index (χ0n) is 10.5. The SMILES string of the molecule is C#CCN(CC(=O)O)C(=O)C(CN)c1ccccc1. The van der Waals surface area contributed by atoms with Gasteiger partial charge in [-0.2, -0.15) is 0 Å². The van der Waals surface area contributed by atoms with E-state index in [2.05, 4.69) is 5.92 Å². The van der Waals surface area contributed by atoms with Crippen LogP contribution in [0.2, 0.25) is 0 Å². The first-order chi connectivity index (χ1) is 9.10. The molecule has 1 aromatic rings. The Labute approximate surface area is 112 Å². The molecule has 5 heteroatoms. The third-order valence-electron chi connectivity index (χ3n) is 2.66. The Hall–Kier alpha value is -2.32. The number of carboxylic acid groups (broad SMARTS) is 1. The van der Waals surface area contributed by atoms with Crippen molar-refractivity contribution in [2.75, 3.05) is 19.6 Å². The van der Waals surface area contributed by atoms with Gasteiger partial charge in [-0.05, 0) is 5.56 Å². The Morgan fingerprint density at radius 3 is 2.47 bits per heavy atom. The van der Waals surface area contributed by atoms with Crippen LogP contribution in [0.1, 0.15) is 11.5 Å². The molecule has 1 aromatic carbocycles. The van der Waals surface area contributed by atoms with E-state index in [1.165, 1.54) is 0 Å². The van der Waals surface area contributed by atoms with Gasteiger partial charge in [-0.1, -0.05) is 36.3 Å². The fraction of sp³-hybridized carbons (Fsp3) is 0.286. The summed E-state index contributed by atoms with van der Waals surface area (Å²) in [5.41, 5.74) is 6.38. The minimum atomic E-state index is -1.10. The number of amides is 1. The highest BCUT2D eigenvalue weighted by atomic mass is 16.4. The van der Waals surface area contributed by atoms with Crippen LogP contribution in [-0.4, -0.2) is 41.5 Å². The van der Waals surface area contributed by atoms with Crippen LogP contribution in [-0.2, 0) is 9.59 Å². The molecular weight excluding hydrogens is 244 g/mol. The number of nitrogens with two attached hydrogens (primary N) is 1. The van der Waals surface area contributed by atoms with Gasteiger partial charge >= 0.3 is 5.97 Å². The van der Waals surface area contributed by atoms with Crippen LogP contribution in [0.25, 0.3) is 0 Å². The number of hydrogen-bond acceptors (Lipinski definition) is 3. The van der Waals surface area contributed by atoms with E-state index >= 15 is 0 Å². The van der Waals surface area contributed by atoms with Crippen molar-refractivity contribution < 1.29 is 14.7 Å². The second kappa shape index (κ2) is 7.19. The van der Waals surface area contributed by atoms with Crippen molar-refractivity contribution in [2.45, 2.75) is 5.92 Å². The maximum Gasteiger partial charge on any atom is 0.323 e. The molecule has 100 valence electrons. The van der Waals surface area contributed by atoms with Gasteiger partial charge in [-0.15, -0.1) is 6.42 Å². The average molecular weight is 260 g/mol. The van der Waals surface area contributed by atoms with Gasteiger partial charge in [0, 0.05) is 6.54 Å². The molecule has 0 radical (unpaired) electrons. The quantitative estimate of drug-likeness (QED) is 0.719. The molecule has 0 fully saturated rings. The van der Waals surface area contributed by atoms with E-state index in [0.29, 0.717) is 0 Å². The monoisotopic (exact) mass is 260 g/mol. The highest BCUT2D eigenvalue weighted by molar-refractivity contribution is 5.87. The van der Waals surface area contributed by atoms with Crippen LogP contribution in [0, 0.1) is 12.3 Å². The third-order valence-corrected chi connectivity index (χ3v) is 2.66. The first kappa shape index (κ1) is 14.7. The number of nitrogens with zero attached hydrogens (tertiary/aromatic N) is 1. The van der Waals surface area contributed by atoms with Crippen molar-refractivity contribution in [2.24, 2.45) is 5.73 Å². The van der Waals surface area contributed by atoms with E-state index in [9.17, 15) is 9.59 Å². The van der Waals surface area contributed by atoms with Gasteiger partial charge in [0.05, 0.1) is 12.5 Å². The third kappa shape index (κ3) is 4.12. The lowest BCUT2D eigenvalue weighted by Crippen LogP contribution is -2.41. The molecule has 1 unspecified atom stereocenters. The van der Waals surface area contributed by atoms with E-state index in [-0.39, 0.29) is 19.0 Å². The first-order valence-corrected chi connectivity index (χ1v) is 5.79. The van der Waals surface area contributed by atoms with Gasteiger partial charge in [-0.3, -0.25) is 9.59 Å². The predicted molar refractivity (Wildman–Crippen MR) is 71.3 cm³/mol. The maximum atomic E-state index is 12.3. The van der Waals surface area contributed by atoms with Crippen molar-refractivity contribution in [3.8, 4) is 12.3 Å². The van der Waals surface area contributed by atoms with Gasteiger partial charge in [0.2, 0.25) is 5.91 Å². The van der Waals surface area contributed by atoms with E-state index in [1.807, 2.05) is 6.07 Å². The predicted octanol–water partition coefficient (Wildman–Crippen LogP) is 0.275. The molecule has 0 heterocycles. The Bertz CT molecular complexity index is 479. The fourth-order valence-electron chi connectivity index (χ4n) is 1.77. The van der Waals surface area contributed by atoms with Gasteiger partial charge in [0.15, 0.2) is 0 Å². The number of hydrogen-bond donors (Lipinski definition) is 2. The summed E-state index contributed by atoms with van der Waals surface area (Å²) in [6, 6.07) is 8.99. The van der Waals surface area contributed by atoms with Gasteiger partial charge in [0.1, 0.15) is 6.54 Å². The normalized spacial score (nSPS) is 11.4. The van der Waals surface area contributed by atoms with E-state index in [0.717, 1.165) is 10.5 Å². The van der Waals surface area contributed by atoms with Crippen LogP contribution >= 0.6 is 0 Å². The smallest absolute Gasteiger partial charge is 0.323 e. The molecule has 0 aliphatic rings. The summed E-state index contributed by atoms with van der Waals surface area (Å²) in [6.07, 6.45) is 5.16. The van der Waals surface area contributed by atoms with Crippen LogP contribution in [0.5, 0.6) is 0 Å². The molecule has 0 aromatic heterocycles. The van der Waals surface area contributed by atoms with Crippen molar-refractivity contribution in [3.05, 3.63) is 35.9 Å². The number of rotatable bonds is 6. The number of benzene rings is 1. The minimum Gasteiger partial charge on any atom is -0.480 e. The molecule has 19 heavy (non-hydrogen) atoms. The lowest BCUT2D eigenvalue weighted by atomic mass is 9.97. The molecule has 5 nitrogen and oxygen atoms in total. The molecule has 0 aliphatic carbocycles. The summed E-state index contributed by atoms with van der Waals surface area (Å²) in [5.74, 6) is 0.239. The number of carboxylic acids is 1. The average Bonchev–Trinajstić information content (AvgIpc) is 2.39. The first-order valence-electron chi connectivity index (χ1n) is 5.79. The second-order valence-corrected chi connectivity index (χ2v) is 3.99. The van der Waals surface area contributed by atoms with Crippen LogP contribution in [0.15, 0.2) is 30.3 Å². The Kier molecular flexibility index (Phi) is 5.58. The molecular formula is C14H16N2O3. The molecule has 0 saturated carbocycles. The van der Waals surface area contributed by atoms with Crippen LogP contribution < -0.4 is 5.73 Å². The van der Waals surface area contributed by atoms with Gasteiger partial charge < -0.3 is 15.7 Å². The van der Waals surface area contributed by atoms with Crippen LogP contribution in [0.4, 0.5) is 0 Å². The van der Waals surface area contributed by atoms with Crippen molar-refractivity contribution in [3.63, 3.8) is 0 Å². The number of aliphatic carboxylic acids is 1. The largest absolute Gasteiger partial charge is 0.480 e. The summed E-state index contributed by atoms with van der Waals surface area (Å²) in [4.78, 5) is 24.1. The fourth-order valence-corrected chi connectivity index (χ4v) is 1.77. The highest BCUT2D eigenvalue weighted by Crippen LogP contribution is 2.17. The topological polar surface area (TPSA) is 83.6 Å². The van der Waals surface area contributed by atoms with Gasteiger partial charge in [0.25, 0.3) is 0 Å². The number of carbonyl (C=O) groups excluding carboxylic acids is 1. The molecule has 0 saturated heterocycles. The van der Waals surface area contributed by atoms with Gasteiger partial charge in [-0.25, -0.2) is 0 Å². The molecule has 0 aliphatic heterocycles. The van der Waals surface area contributed by atoms with E-state index < -0.39 is 18.4 Å². The molecule has 0 bridgehead atoms. The summed E-state index contributed by atoms with van der Waals surface area (Å²) in [6.45, 7) is -0.371. The van der Waals surface area contributed by atoms with Crippen molar-refractivity contribution >= 4 is 11.9 Å². The molecule has 3 N–H and O–H groups in total. The lowest BCUT2D eigenvalue weighted by Gasteiger charge is -2.23. The Morgan fingerprint density at radius 1 is 1.37 bits per heavy atom. The molecule has 1 amide bonds. The second-order valence-electron chi connectivity index (χ2n) is 3.99. The van der Waals surface area contributed by atoms with Crippen LogP contribution in [0.3, 0.4) is 0 Å². The number of terminal acetylenes is 1. The number of carbonyl (C=O) groups is 2. The van der Waals surface area contributed by atoms with Crippen molar-refractivity contribution in [1.82, 2.24) is 4.90 Å². The summed E-state index contributed by atoms with van der Waals surface area (Å²) in [5, 5.41) is 8.79. The zero-order chi connectivity index (χ0) is 14.3. The highest BCUT2D eigenvalue weighted by Gasteiger charge is 2.25. The zero-order valence-corrected chi connectivity index (χ0v) is 10.5. The Morgan fingerprint density at radius 2 is 2.00 bits per heavy atom. The lowest BCUT2D eigenvalue weighted by molar-refractivity contribution is -0.144. The van der Waals surface area contributed by atoms with Crippen molar-refractivity contribution in [1.29, 1.82) is 0 Å². The molecule has 1 atom stereocenters. The molecule has 1 rings (SSSR count). The summed E-state index contributed by atoms with van der Waals surface area (Å²) in [7, 11) is 0. The van der Waals surface area contributed by atoms with E-state index in [4.69, 9.17) is 17.3 Å². The Balaban J connectivity index is 2.93. The summed E-state index contributed by atoms with van der Waals surface area (Å²) >= 11 is 0.